The maximum absolute atomic E-state index is 12.6. The van der Waals surface area contributed by atoms with Crippen LogP contribution in [0.2, 0.25) is 0 Å². The molecule has 0 saturated carbocycles. The third kappa shape index (κ3) is 38.3. The topological polar surface area (TPSA) is 134 Å². The van der Waals surface area contributed by atoms with Gasteiger partial charge in [-0.15, -0.1) is 0 Å². The minimum absolute atomic E-state index is 0.0551. The number of rotatable bonds is 40. The number of hydrogen-bond donors (Lipinski definition) is 2. The van der Waals surface area contributed by atoms with Gasteiger partial charge in [0.15, 0.2) is 6.10 Å². The van der Waals surface area contributed by atoms with Gasteiger partial charge in [-0.3, -0.25) is 18.6 Å². The van der Waals surface area contributed by atoms with Crippen molar-refractivity contribution in [1.82, 2.24) is 0 Å². The summed E-state index contributed by atoms with van der Waals surface area (Å²) in [7, 11) is -4.37. The van der Waals surface area contributed by atoms with E-state index in [1.54, 1.807) is 0 Å². The summed E-state index contributed by atoms with van der Waals surface area (Å²) >= 11 is 0. The van der Waals surface area contributed by atoms with Crippen LogP contribution in [0.25, 0.3) is 0 Å². The number of allylic oxidation sites excluding steroid dienone is 2. The second kappa shape index (κ2) is 38.5. The zero-order valence-electron chi connectivity index (χ0n) is 33.1. The molecule has 0 spiro atoms. The minimum Gasteiger partial charge on any atom is -0.462 e. The molecule has 0 aromatic carbocycles. The molecule has 0 aromatic heterocycles. The second-order valence-electron chi connectivity index (χ2n) is 14.2. The van der Waals surface area contributed by atoms with Crippen molar-refractivity contribution in [2.75, 3.05) is 26.4 Å². The van der Waals surface area contributed by atoms with Crippen LogP contribution < -0.4 is 5.73 Å². The van der Waals surface area contributed by atoms with Gasteiger partial charge in [-0.25, -0.2) is 4.57 Å². The van der Waals surface area contributed by atoms with Crippen molar-refractivity contribution >= 4 is 19.8 Å². The number of phosphoric ester groups is 1. The fourth-order valence-electron chi connectivity index (χ4n) is 5.98. The van der Waals surface area contributed by atoms with Gasteiger partial charge in [0.25, 0.3) is 0 Å². The van der Waals surface area contributed by atoms with Crippen LogP contribution in [0.3, 0.4) is 0 Å². The van der Waals surface area contributed by atoms with Crippen LogP contribution in [0.4, 0.5) is 0 Å². The summed E-state index contributed by atoms with van der Waals surface area (Å²) < 4.78 is 32.7. The quantitative estimate of drug-likeness (QED) is 0.0272. The highest BCUT2D eigenvalue weighted by Gasteiger charge is 2.26. The average Bonchev–Trinajstić information content (AvgIpc) is 3.11. The molecule has 0 amide bonds. The predicted octanol–water partition coefficient (Wildman–Crippen LogP) is 11.8. The molecular formula is C41H80NO8P. The molecule has 0 fully saturated rings. The molecule has 2 unspecified atom stereocenters. The maximum atomic E-state index is 12.6. The Bertz CT molecular complexity index is 856. The van der Waals surface area contributed by atoms with Crippen molar-refractivity contribution in [1.29, 1.82) is 0 Å². The predicted molar refractivity (Wildman–Crippen MR) is 211 cm³/mol. The first-order chi connectivity index (χ1) is 24.8. The summed E-state index contributed by atoms with van der Waals surface area (Å²) in [5.74, 6) is -0.829. The molecule has 51 heavy (non-hydrogen) atoms. The first kappa shape index (κ1) is 49.8. The normalized spacial score (nSPS) is 13.4. The van der Waals surface area contributed by atoms with E-state index in [0.29, 0.717) is 6.42 Å². The molecule has 0 bridgehead atoms. The lowest BCUT2D eigenvalue weighted by atomic mass is 10.0. The zero-order valence-corrected chi connectivity index (χ0v) is 34.0. The Balaban J connectivity index is 4.15. The summed E-state index contributed by atoms with van der Waals surface area (Å²) in [5, 5.41) is 0. The van der Waals surface area contributed by atoms with Crippen molar-refractivity contribution < 1.29 is 37.6 Å². The molecular weight excluding hydrogens is 665 g/mol. The maximum Gasteiger partial charge on any atom is 0.472 e. The lowest BCUT2D eigenvalue weighted by molar-refractivity contribution is -0.161. The SMILES string of the molecule is CCCCCCCC/C=C/CCCCCCCC(=O)OCC(COP(=O)(O)OCCN)OC(=O)CCCCCCCCCCCCCCCCC. The standard InChI is InChI=1S/C41H80NO8P/c1-3-5-7-9-11-13-15-17-19-21-23-25-27-29-31-33-40(43)47-37-39(38-49-51(45,46)48-36-35-42)50-41(44)34-32-30-28-26-24-22-20-18-16-14-12-10-8-6-4-2/h17,19,39H,3-16,18,20-38,42H2,1-2H3,(H,45,46)/b19-17+. The molecule has 2 atom stereocenters. The molecule has 0 radical (unpaired) electrons. The molecule has 0 aliphatic rings. The first-order valence-corrected chi connectivity index (χ1v) is 22.7. The van der Waals surface area contributed by atoms with Crippen LogP contribution in [0.1, 0.15) is 206 Å². The van der Waals surface area contributed by atoms with Crippen LogP contribution in [-0.2, 0) is 32.7 Å². The van der Waals surface area contributed by atoms with Gasteiger partial charge in [0.2, 0.25) is 0 Å². The number of esters is 2. The van der Waals surface area contributed by atoms with Gasteiger partial charge in [0.1, 0.15) is 6.61 Å². The molecule has 9 nitrogen and oxygen atoms in total. The fourth-order valence-corrected chi connectivity index (χ4v) is 6.75. The van der Waals surface area contributed by atoms with E-state index in [1.165, 1.54) is 122 Å². The largest absolute Gasteiger partial charge is 0.472 e. The first-order valence-electron chi connectivity index (χ1n) is 21.2. The highest BCUT2D eigenvalue weighted by atomic mass is 31.2. The molecule has 0 aromatic rings. The average molecular weight is 746 g/mol. The van der Waals surface area contributed by atoms with Crippen LogP contribution in [0.5, 0.6) is 0 Å². The number of phosphoric acid groups is 1. The van der Waals surface area contributed by atoms with Crippen LogP contribution in [0.15, 0.2) is 12.2 Å². The van der Waals surface area contributed by atoms with E-state index < -0.39 is 26.5 Å². The molecule has 0 aliphatic carbocycles. The smallest absolute Gasteiger partial charge is 0.462 e. The van der Waals surface area contributed by atoms with Crippen molar-refractivity contribution in [2.45, 2.75) is 213 Å². The molecule has 0 heterocycles. The van der Waals surface area contributed by atoms with E-state index in [9.17, 15) is 19.0 Å². The number of ether oxygens (including phenoxy) is 2. The van der Waals surface area contributed by atoms with Gasteiger partial charge in [0.05, 0.1) is 13.2 Å². The van der Waals surface area contributed by atoms with Crippen LogP contribution in [0, 0.1) is 0 Å². The van der Waals surface area contributed by atoms with Crippen LogP contribution >= 0.6 is 7.82 Å². The van der Waals surface area contributed by atoms with Gasteiger partial charge < -0.3 is 20.1 Å². The summed E-state index contributed by atoms with van der Waals surface area (Å²) in [6, 6.07) is 0. The molecule has 0 aliphatic heterocycles. The van der Waals surface area contributed by atoms with E-state index in [4.69, 9.17) is 24.3 Å². The van der Waals surface area contributed by atoms with Gasteiger partial charge in [-0.1, -0.05) is 167 Å². The highest BCUT2D eigenvalue weighted by Crippen LogP contribution is 2.43. The van der Waals surface area contributed by atoms with Gasteiger partial charge in [0, 0.05) is 19.4 Å². The Morgan fingerprint density at radius 2 is 0.961 bits per heavy atom. The van der Waals surface area contributed by atoms with E-state index in [2.05, 4.69) is 26.0 Å². The van der Waals surface area contributed by atoms with E-state index >= 15 is 0 Å². The minimum atomic E-state index is -4.37. The zero-order chi connectivity index (χ0) is 37.5. The summed E-state index contributed by atoms with van der Waals surface area (Å²) in [5.41, 5.74) is 5.34. The Morgan fingerprint density at radius 1 is 0.569 bits per heavy atom. The highest BCUT2D eigenvalue weighted by molar-refractivity contribution is 7.47. The van der Waals surface area contributed by atoms with E-state index in [0.717, 1.165) is 51.4 Å². The Morgan fingerprint density at radius 3 is 1.39 bits per heavy atom. The third-order valence-electron chi connectivity index (χ3n) is 9.15. The molecule has 10 heteroatoms. The summed E-state index contributed by atoms with van der Waals surface area (Å²) in [6.45, 7) is 3.74. The monoisotopic (exact) mass is 746 g/mol. The Labute approximate surface area is 313 Å². The number of hydrogen-bond acceptors (Lipinski definition) is 8. The van der Waals surface area contributed by atoms with Crippen molar-refractivity contribution in [2.24, 2.45) is 5.73 Å². The number of nitrogens with two attached hydrogens (primary N) is 1. The van der Waals surface area contributed by atoms with Crippen molar-refractivity contribution in [3.63, 3.8) is 0 Å². The molecule has 302 valence electrons. The summed E-state index contributed by atoms with van der Waals surface area (Å²) in [4.78, 5) is 34.8. The van der Waals surface area contributed by atoms with Crippen LogP contribution in [-0.4, -0.2) is 49.3 Å². The third-order valence-corrected chi connectivity index (χ3v) is 10.1. The van der Waals surface area contributed by atoms with Gasteiger partial charge in [-0.05, 0) is 38.5 Å². The Hall–Kier alpha value is -1.25. The van der Waals surface area contributed by atoms with E-state index in [1.807, 2.05) is 0 Å². The van der Waals surface area contributed by atoms with Crippen molar-refractivity contribution in [3.05, 3.63) is 12.2 Å². The number of carbonyl (C=O) groups is 2. The number of unbranched alkanes of at least 4 members (excludes halogenated alkanes) is 25. The van der Waals surface area contributed by atoms with Gasteiger partial charge in [-0.2, -0.15) is 0 Å². The lowest BCUT2D eigenvalue weighted by Gasteiger charge is -2.19. The fraction of sp³-hybridized carbons (Fsp3) is 0.902. The molecule has 0 rings (SSSR count). The van der Waals surface area contributed by atoms with Gasteiger partial charge >= 0.3 is 19.8 Å². The molecule has 3 N–H and O–H groups in total. The van der Waals surface area contributed by atoms with Crippen molar-refractivity contribution in [3.8, 4) is 0 Å². The Kier molecular flexibility index (Phi) is 37.5. The molecule has 0 saturated heterocycles. The second-order valence-corrected chi connectivity index (χ2v) is 15.7. The number of carbonyl (C=O) groups excluding carboxylic acids is 2. The lowest BCUT2D eigenvalue weighted by Crippen LogP contribution is -2.29. The summed E-state index contributed by atoms with van der Waals surface area (Å²) in [6.07, 6.45) is 38.1. The van der Waals surface area contributed by atoms with E-state index in [-0.39, 0.29) is 38.6 Å².